The summed E-state index contributed by atoms with van der Waals surface area (Å²) in [6.07, 6.45) is 1.88. The van der Waals surface area contributed by atoms with Crippen molar-refractivity contribution in [3.8, 4) is 0 Å². The molecular weight excluding hydrogens is 178 g/mol. The Balaban J connectivity index is 2.50. The van der Waals surface area contributed by atoms with Crippen LogP contribution in [0.3, 0.4) is 0 Å². The molecule has 0 saturated heterocycles. The van der Waals surface area contributed by atoms with Crippen molar-refractivity contribution in [3.05, 3.63) is 17.7 Å². The van der Waals surface area contributed by atoms with Crippen molar-refractivity contribution in [1.29, 1.82) is 0 Å². The molecule has 1 rings (SSSR count). The van der Waals surface area contributed by atoms with E-state index in [1.807, 2.05) is 13.1 Å². The van der Waals surface area contributed by atoms with Crippen LogP contribution in [0.2, 0.25) is 0 Å². The molecule has 1 heterocycles. The lowest BCUT2D eigenvalue weighted by Crippen LogP contribution is -2.22. The number of hydrogen-bond acceptors (Lipinski definition) is 3. The maximum Gasteiger partial charge on any atom is 0.135 e. The summed E-state index contributed by atoms with van der Waals surface area (Å²) in [5.41, 5.74) is 1.10. The minimum atomic E-state index is 0.0304. The molecule has 1 aromatic rings. The zero-order valence-electron chi connectivity index (χ0n) is 9.29. The number of imidazole rings is 1. The normalized spacial score (nSPS) is 13.5. The number of aromatic amines is 1. The van der Waals surface area contributed by atoms with Crippen LogP contribution < -0.4 is 5.32 Å². The molecule has 0 spiro atoms. The van der Waals surface area contributed by atoms with Crippen LogP contribution in [-0.4, -0.2) is 23.1 Å². The number of methoxy groups -OCH3 is 1. The van der Waals surface area contributed by atoms with Gasteiger partial charge in [0.15, 0.2) is 0 Å². The first-order chi connectivity index (χ1) is 6.63. The van der Waals surface area contributed by atoms with Gasteiger partial charge in [0, 0.05) is 31.6 Å². The van der Waals surface area contributed by atoms with Gasteiger partial charge < -0.3 is 15.0 Å². The van der Waals surface area contributed by atoms with Gasteiger partial charge in [-0.15, -0.1) is 0 Å². The van der Waals surface area contributed by atoms with Crippen LogP contribution in [-0.2, 0) is 11.3 Å². The fourth-order valence-electron chi connectivity index (χ4n) is 1.10. The van der Waals surface area contributed by atoms with Gasteiger partial charge in [-0.2, -0.15) is 0 Å². The lowest BCUT2D eigenvalue weighted by atomic mass is 10.3. The van der Waals surface area contributed by atoms with Crippen LogP contribution in [0, 0.1) is 0 Å². The predicted molar refractivity (Wildman–Crippen MR) is 56.0 cm³/mol. The number of ether oxygens (including phenoxy) is 1. The van der Waals surface area contributed by atoms with Crippen molar-refractivity contribution in [3.63, 3.8) is 0 Å². The number of rotatable bonds is 5. The highest BCUT2D eigenvalue weighted by molar-refractivity contribution is 5.02. The van der Waals surface area contributed by atoms with Gasteiger partial charge >= 0.3 is 0 Å². The van der Waals surface area contributed by atoms with Gasteiger partial charge in [-0.1, -0.05) is 13.8 Å². The predicted octanol–water partition coefficient (Wildman–Crippen LogP) is 1.62. The van der Waals surface area contributed by atoms with Crippen LogP contribution >= 0.6 is 0 Å². The molecule has 0 radical (unpaired) electrons. The third-order valence-corrected chi connectivity index (χ3v) is 2.09. The highest BCUT2D eigenvalue weighted by Crippen LogP contribution is 2.11. The van der Waals surface area contributed by atoms with Crippen molar-refractivity contribution >= 4 is 0 Å². The van der Waals surface area contributed by atoms with Crippen LogP contribution in [0.5, 0.6) is 0 Å². The first kappa shape index (κ1) is 11.2. The number of H-pyrrole nitrogens is 1. The summed E-state index contributed by atoms with van der Waals surface area (Å²) in [5, 5.41) is 3.32. The van der Waals surface area contributed by atoms with Crippen LogP contribution in [0.1, 0.15) is 38.4 Å². The lowest BCUT2D eigenvalue weighted by molar-refractivity contribution is 0.112. The van der Waals surface area contributed by atoms with E-state index in [9.17, 15) is 0 Å². The lowest BCUT2D eigenvalue weighted by Gasteiger charge is -2.06. The molecule has 4 heteroatoms. The molecule has 0 fully saturated rings. The molecule has 1 unspecified atom stereocenters. The summed E-state index contributed by atoms with van der Waals surface area (Å²) >= 11 is 0. The fourth-order valence-corrected chi connectivity index (χ4v) is 1.10. The Hall–Kier alpha value is -0.870. The molecule has 1 aromatic heterocycles. The Kier molecular flexibility index (Phi) is 4.10. The van der Waals surface area contributed by atoms with Gasteiger partial charge in [-0.05, 0) is 6.92 Å². The first-order valence-corrected chi connectivity index (χ1v) is 4.93. The van der Waals surface area contributed by atoms with E-state index in [0.29, 0.717) is 6.04 Å². The number of nitrogens with one attached hydrogen (secondary N) is 2. The van der Waals surface area contributed by atoms with E-state index in [0.717, 1.165) is 18.1 Å². The Morgan fingerprint density at radius 2 is 2.21 bits per heavy atom. The Morgan fingerprint density at radius 3 is 2.79 bits per heavy atom. The van der Waals surface area contributed by atoms with E-state index >= 15 is 0 Å². The summed E-state index contributed by atoms with van der Waals surface area (Å²) in [6.45, 7) is 7.03. The van der Waals surface area contributed by atoms with Crippen LogP contribution in [0.4, 0.5) is 0 Å². The Morgan fingerprint density at radius 1 is 1.50 bits per heavy atom. The molecule has 0 aromatic carbocycles. The standard InChI is InChI=1S/C10H19N3O/c1-7(2)11-5-9-6-12-10(13-9)8(3)14-4/h6-8,11H,5H2,1-4H3,(H,12,13). The van der Waals surface area contributed by atoms with Gasteiger partial charge in [-0.25, -0.2) is 4.98 Å². The first-order valence-electron chi connectivity index (χ1n) is 4.93. The summed E-state index contributed by atoms with van der Waals surface area (Å²) in [5.74, 6) is 0.882. The summed E-state index contributed by atoms with van der Waals surface area (Å²) in [6, 6.07) is 0.488. The van der Waals surface area contributed by atoms with Crippen molar-refractivity contribution in [2.24, 2.45) is 0 Å². The van der Waals surface area contributed by atoms with Gasteiger partial charge in [-0.3, -0.25) is 0 Å². The molecule has 0 aliphatic heterocycles. The second kappa shape index (κ2) is 5.12. The fraction of sp³-hybridized carbons (Fsp3) is 0.700. The van der Waals surface area contributed by atoms with Gasteiger partial charge in [0.1, 0.15) is 11.9 Å². The van der Waals surface area contributed by atoms with Gasteiger partial charge in [0.05, 0.1) is 0 Å². The monoisotopic (exact) mass is 197 g/mol. The van der Waals surface area contributed by atoms with Crippen molar-refractivity contribution in [2.75, 3.05) is 7.11 Å². The molecule has 0 aliphatic carbocycles. The van der Waals surface area contributed by atoms with Gasteiger partial charge in [0.25, 0.3) is 0 Å². The van der Waals surface area contributed by atoms with E-state index in [-0.39, 0.29) is 6.10 Å². The maximum atomic E-state index is 5.16. The molecule has 0 bridgehead atoms. The minimum absolute atomic E-state index is 0.0304. The molecule has 0 saturated carbocycles. The van der Waals surface area contributed by atoms with E-state index in [1.54, 1.807) is 7.11 Å². The van der Waals surface area contributed by atoms with Gasteiger partial charge in [0.2, 0.25) is 0 Å². The highest BCUT2D eigenvalue weighted by Gasteiger charge is 2.07. The number of hydrogen-bond donors (Lipinski definition) is 2. The molecule has 1 atom stereocenters. The van der Waals surface area contributed by atoms with E-state index < -0.39 is 0 Å². The molecule has 14 heavy (non-hydrogen) atoms. The van der Waals surface area contributed by atoms with E-state index in [1.165, 1.54) is 0 Å². The second-order valence-electron chi connectivity index (χ2n) is 3.71. The summed E-state index contributed by atoms with van der Waals surface area (Å²) < 4.78 is 5.16. The van der Waals surface area contributed by atoms with Crippen molar-refractivity contribution in [1.82, 2.24) is 15.3 Å². The molecule has 80 valence electrons. The molecule has 2 N–H and O–H groups in total. The maximum absolute atomic E-state index is 5.16. The summed E-state index contributed by atoms with van der Waals surface area (Å²) in [4.78, 5) is 7.46. The highest BCUT2D eigenvalue weighted by atomic mass is 16.5. The SMILES string of the molecule is COC(C)c1ncc(CNC(C)C)[nH]1. The van der Waals surface area contributed by atoms with Crippen LogP contribution in [0.25, 0.3) is 0 Å². The van der Waals surface area contributed by atoms with Crippen LogP contribution in [0.15, 0.2) is 6.20 Å². The van der Waals surface area contributed by atoms with Crippen molar-refractivity contribution < 1.29 is 4.74 Å². The molecule has 4 nitrogen and oxygen atoms in total. The van der Waals surface area contributed by atoms with E-state index in [2.05, 4.69) is 29.1 Å². The third kappa shape index (κ3) is 3.12. The van der Waals surface area contributed by atoms with Crippen molar-refractivity contribution in [2.45, 2.75) is 39.5 Å². The molecular formula is C10H19N3O. The quantitative estimate of drug-likeness (QED) is 0.754. The average Bonchev–Trinajstić information content (AvgIpc) is 2.62. The zero-order valence-corrected chi connectivity index (χ0v) is 9.29. The third-order valence-electron chi connectivity index (χ3n) is 2.09. The largest absolute Gasteiger partial charge is 0.374 e. The topological polar surface area (TPSA) is 49.9 Å². The average molecular weight is 197 g/mol. The zero-order chi connectivity index (χ0) is 10.6. The Labute approximate surface area is 85.1 Å². The second-order valence-corrected chi connectivity index (χ2v) is 3.71. The molecule has 0 amide bonds. The Bertz CT molecular complexity index is 270. The summed E-state index contributed by atoms with van der Waals surface area (Å²) in [7, 11) is 1.68. The van der Waals surface area contributed by atoms with E-state index in [4.69, 9.17) is 4.74 Å². The number of nitrogens with zero attached hydrogens (tertiary/aromatic N) is 1. The smallest absolute Gasteiger partial charge is 0.135 e. The number of aromatic nitrogens is 2. The molecule has 0 aliphatic rings. The minimum Gasteiger partial charge on any atom is -0.374 e.